The van der Waals surface area contributed by atoms with E-state index in [0.717, 1.165) is 35.3 Å². The van der Waals surface area contributed by atoms with Crippen molar-refractivity contribution in [3.05, 3.63) is 28.8 Å². The fourth-order valence-electron chi connectivity index (χ4n) is 2.52. The molecule has 0 saturated heterocycles. The van der Waals surface area contributed by atoms with Crippen LogP contribution in [0.1, 0.15) is 36.1 Å². The van der Waals surface area contributed by atoms with Gasteiger partial charge in [0.2, 0.25) is 0 Å². The van der Waals surface area contributed by atoms with E-state index < -0.39 is 6.10 Å². The van der Waals surface area contributed by atoms with Gasteiger partial charge in [0.05, 0.1) is 19.8 Å². The van der Waals surface area contributed by atoms with Crippen molar-refractivity contribution in [3.8, 4) is 5.75 Å². The van der Waals surface area contributed by atoms with Gasteiger partial charge in [0.15, 0.2) is 0 Å². The second-order valence-corrected chi connectivity index (χ2v) is 4.60. The number of rotatable bonds is 4. The molecule has 1 aromatic carbocycles. The lowest BCUT2D eigenvalue weighted by Crippen LogP contribution is -2.33. The third kappa shape index (κ3) is 2.36. The summed E-state index contributed by atoms with van der Waals surface area (Å²) in [4.78, 5) is 0. The van der Waals surface area contributed by atoms with Crippen LogP contribution in [-0.4, -0.2) is 24.9 Å². The largest absolute Gasteiger partial charge is 0.496 e. The predicted molar refractivity (Wildman–Crippen MR) is 69.6 cm³/mol. The quantitative estimate of drug-likeness (QED) is 0.852. The highest BCUT2D eigenvalue weighted by Gasteiger charge is 2.28. The van der Waals surface area contributed by atoms with Crippen molar-refractivity contribution in [3.63, 3.8) is 0 Å². The molecule has 4 heteroatoms. The minimum atomic E-state index is -0.583. The first-order valence-corrected chi connectivity index (χ1v) is 6.39. The van der Waals surface area contributed by atoms with Crippen LogP contribution < -0.4 is 10.5 Å². The fraction of sp³-hybridized carbons (Fsp3) is 0.571. The van der Waals surface area contributed by atoms with Gasteiger partial charge < -0.3 is 20.3 Å². The van der Waals surface area contributed by atoms with Crippen molar-refractivity contribution in [2.24, 2.45) is 5.73 Å². The van der Waals surface area contributed by atoms with E-state index in [2.05, 4.69) is 0 Å². The summed E-state index contributed by atoms with van der Waals surface area (Å²) in [5.74, 6) is 0.824. The van der Waals surface area contributed by atoms with Gasteiger partial charge in [-0.2, -0.15) is 0 Å². The Kier molecular flexibility index (Phi) is 4.22. The lowest BCUT2D eigenvalue weighted by molar-refractivity contribution is 0.123. The van der Waals surface area contributed by atoms with Gasteiger partial charge in [-0.15, -0.1) is 0 Å². The Bertz CT molecular complexity index is 420. The van der Waals surface area contributed by atoms with Gasteiger partial charge in [-0.1, -0.05) is 6.07 Å². The molecule has 2 atom stereocenters. The van der Waals surface area contributed by atoms with Crippen LogP contribution in [0.4, 0.5) is 0 Å². The molecule has 0 aromatic heterocycles. The maximum absolute atomic E-state index is 10.1. The van der Waals surface area contributed by atoms with Crippen LogP contribution in [0.5, 0.6) is 5.75 Å². The van der Waals surface area contributed by atoms with Crippen LogP contribution in [0.25, 0.3) is 0 Å². The molecule has 0 amide bonds. The summed E-state index contributed by atoms with van der Waals surface area (Å²) in [6.45, 7) is 3.15. The Morgan fingerprint density at radius 1 is 1.44 bits per heavy atom. The van der Waals surface area contributed by atoms with E-state index in [-0.39, 0.29) is 6.04 Å². The third-order valence-corrected chi connectivity index (χ3v) is 3.55. The minimum Gasteiger partial charge on any atom is -0.496 e. The molecular weight excluding hydrogens is 230 g/mol. The third-order valence-electron chi connectivity index (χ3n) is 3.55. The normalized spacial score (nSPS) is 22.7. The zero-order chi connectivity index (χ0) is 13.1. The number of aliphatic hydroxyl groups excluding tert-OH is 1. The number of methoxy groups -OCH3 is 1. The van der Waals surface area contributed by atoms with Crippen LogP contribution in [0, 0.1) is 0 Å². The van der Waals surface area contributed by atoms with Gasteiger partial charge >= 0.3 is 0 Å². The first kappa shape index (κ1) is 13.3. The molecule has 3 N–H and O–H groups in total. The van der Waals surface area contributed by atoms with Gasteiger partial charge in [-0.3, -0.25) is 0 Å². The summed E-state index contributed by atoms with van der Waals surface area (Å²) in [6.07, 6.45) is 1.08. The molecule has 0 unspecified atom stereocenters. The van der Waals surface area contributed by atoms with Crippen LogP contribution in [0.3, 0.4) is 0 Å². The number of ether oxygens (including phenoxy) is 2. The Balaban J connectivity index is 2.42. The van der Waals surface area contributed by atoms with Crippen molar-refractivity contribution in [2.45, 2.75) is 38.5 Å². The van der Waals surface area contributed by atoms with Crippen LogP contribution in [0.15, 0.2) is 12.1 Å². The number of hydrogen-bond donors (Lipinski definition) is 2. The summed E-state index contributed by atoms with van der Waals surface area (Å²) >= 11 is 0. The topological polar surface area (TPSA) is 64.7 Å². The number of hydrogen-bond acceptors (Lipinski definition) is 4. The molecule has 0 fully saturated rings. The van der Waals surface area contributed by atoms with E-state index in [1.54, 1.807) is 7.11 Å². The Morgan fingerprint density at radius 2 is 2.22 bits per heavy atom. The second kappa shape index (κ2) is 5.69. The lowest BCUT2D eigenvalue weighted by atomic mass is 9.83. The van der Waals surface area contributed by atoms with Gasteiger partial charge in [0, 0.05) is 18.2 Å². The zero-order valence-corrected chi connectivity index (χ0v) is 11.0. The fourth-order valence-corrected chi connectivity index (χ4v) is 2.52. The number of aliphatic hydroxyl groups is 1. The van der Waals surface area contributed by atoms with Crippen molar-refractivity contribution < 1.29 is 14.6 Å². The predicted octanol–water partition coefficient (Wildman–Crippen LogP) is 1.54. The molecule has 0 aliphatic heterocycles. The first-order chi connectivity index (χ1) is 8.69. The van der Waals surface area contributed by atoms with E-state index in [4.69, 9.17) is 15.2 Å². The molecule has 1 aliphatic rings. The smallest absolute Gasteiger partial charge is 0.124 e. The van der Waals surface area contributed by atoms with E-state index in [0.29, 0.717) is 13.2 Å². The summed E-state index contributed by atoms with van der Waals surface area (Å²) in [5, 5.41) is 10.1. The molecule has 100 valence electrons. The van der Waals surface area contributed by atoms with Crippen LogP contribution in [0.2, 0.25) is 0 Å². The number of nitrogens with two attached hydrogens (primary N) is 1. The van der Waals surface area contributed by atoms with E-state index >= 15 is 0 Å². The second-order valence-electron chi connectivity index (χ2n) is 4.60. The summed E-state index contributed by atoms with van der Waals surface area (Å²) in [7, 11) is 1.65. The van der Waals surface area contributed by atoms with E-state index in [1.807, 2.05) is 19.1 Å². The molecular formula is C14H21NO3. The molecule has 0 saturated carbocycles. The van der Waals surface area contributed by atoms with Crippen molar-refractivity contribution in [2.75, 3.05) is 13.7 Å². The molecule has 4 nitrogen and oxygen atoms in total. The van der Waals surface area contributed by atoms with Crippen molar-refractivity contribution in [1.29, 1.82) is 0 Å². The monoisotopic (exact) mass is 251 g/mol. The highest BCUT2D eigenvalue weighted by atomic mass is 16.5. The van der Waals surface area contributed by atoms with Crippen molar-refractivity contribution in [1.82, 2.24) is 0 Å². The Morgan fingerprint density at radius 3 is 2.89 bits per heavy atom. The number of benzene rings is 1. The molecule has 1 aliphatic carbocycles. The summed E-state index contributed by atoms with van der Waals surface area (Å²) in [5.41, 5.74) is 9.00. The van der Waals surface area contributed by atoms with Crippen LogP contribution >= 0.6 is 0 Å². The Hall–Kier alpha value is -1.10. The van der Waals surface area contributed by atoms with Gasteiger partial charge in [0.25, 0.3) is 0 Å². The Labute approximate surface area is 108 Å². The minimum absolute atomic E-state index is 0.175. The van der Waals surface area contributed by atoms with E-state index in [9.17, 15) is 5.11 Å². The average Bonchev–Trinajstić information content (AvgIpc) is 2.40. The first-order valence-electron chi connectivity index (χ1n) is 6.39. The standard InChI is InChI=1S/C14H21NO3/c1-3-18-8-11-9-4-6-12(15)14(16)10(9)5-7-13(11)17-2/h5,7,12,14,16H,3-4,6,8,15H2,1-2H3/t12-,14-/m1/s1. The lowest BCUT2D eigenvalue weighted by Gasteiger charge is -2.29. The maximum Gasteiger partial charge on any atom is 0.124 e. The average molecular weight is 251 g/mol. The maximum atomic E-state index is 10.1. The summed E-state index contributed by atoms with van der Waals surface area (Å²) < 4.78 is 10.9. The highest BCUT2D eigenvalue weighted by molar-refractivity contribution is 5.47. The number of fused-ring (bicyclic) bond motifs is 1. The zero-order valence-electron chi connectivity index (χ0n) is 11.0. The molecule has 2 rings (SSSR count). The summed E-state index contributed by atoms with van der Waals surface area (Å²) in [6, 6.07) is 3.62. The van der Waals surface area contributed by atoms with Gasteiger partial charge in [-0.05, 0) is 37.0 Å². The molecule has 18 heavy (non-hydrogen) atoms. The van der Waals surface area contributed by atoms with Crippen molar-refractivity contribution >= 4 is 0 Å². The highest BCUT2D eigenvalue weighted by Crippen LogP contribution is 2.35. The van der Waals surface area contributed by atoms with Gasteiger partial charge in [-0.25, -0.2) is 0 Å². The van der Waals surface area contributed by atoms with E-state index in [1.165, 1.54) is 0 Å². The van der Waals surface area contributed by atoms with Crippen LogP contribution in [-0.2, 0) is 17.8 Å². The molecule has 1 aromatic rings. The van der Waals surface area contributed by atoms with Gasteiger partial charge in [0.1, 0.15) is 5.75 Å². The SMILES string of the molecule is CCOCc1c(OC)ccc2c1CC[C@@H](N)[C@@H]2O. The molecule has 0 radical (unpaired) electrons. The molecule has 0 spiro atoms. The molecule has 0 bridgehead atoms. The molecule has 0 heterocycles.